The number of carbonyl (C=O) groups excluding carboxylic acids is 1. The minimum absolute atomic E-state index is 0.105. The average Bonchev–Trinajstić information content (AvgIpc) is 3.59. The molecule has 9 nitrogen and oxygen atoms in total. The molecular weight excluding hydrogens is 450 g/mol. The van der Waals surface area contributed by atoms with Crippen LogP contribution in [-0.2, 0) is 27.3 Å². The fraction of sp³-hybridized carbons (Fsp3) is 0.577. The van der Waals surface area contributed by atoms with Gasteiger partial charge in [0.15, 0.2) is 5.89 Å². The van der Waals surface area contributed by atoms with Gasteiger partial charge in [-0.25, -0.2) is 10.0 Å². The Kier molecular flexibility index (Phi) is 8.41. The lowest BCUT2D eigenvalue weighted by molar-refractivity contribution is -0.188. The smallest absolute Gasteiger partial charge is 0.308 e. The van der Waals surface area contributed by atoms with Gasteiger partial charge in [-0.3, -0.25) is 19.3 Å². The number of fused-ring (bicyclic) bond motifs is 1. The lowest BCUT2D eigenvalue weighted by Crippen LogP contribution is -2.44. The second-order valence-corrected chi connectivity index (χ2v) is 9.23. The molecule has 0 saturated carbocycles. The highest BCUT2D eigenvalue weighted by atomic mass is 16.7. The van der Waals surface area contributed by atoms with Gasteiger partial charge in [-0.15, -0.1) is 0 Å². The summed E-state index contributed by atoms with van der Waals surface area (Å²) in [7, 11) is 0. The number of hydrogen-bond acceptors (Lipinski definition) is 7. The zero-order valence-corrected chi connectivity index (χ0v) is 20.5. The highest BCUT2D eigenvalue weighted by molar-refractivity contribution is 5.78. The Morgan fingerprint density at radius 2 is 2.14 bits per heavy atom. The standard InChI is InChI=1S/C26H35N3O6/c1-3-11-29(35-12-4-2)24(30)17-28-16-20(18-5-7-22-19(15-18)9-13-33-22)25(26(31)32)21(28)6-8-23-27-10-14-34-23/h5,7,10,14-15,20-21,25H,3-4,6,8-9,11-13,16-17H2,1-2H3,(H,31,32). The number of hydrogen-bond donors (Lipinski definition) is 1. The number of hydroxylamine groups is 2. The van der Waals surface area contributed by atoms with E-state index < -0.39 is 11.9 Å². The fourth-order valence-electron chi connectivity index (χ4n) is 5.19. The predicted octanol–water partition coefficient (Wildman–Crippen LogP) is 3.29. The summed E-state index contributed by atoms with van der Waals surface area (Å²) in [5.41, 5.74) is 2.09. The van der Waals surface area contributed by atoms with Gasteiger partial charge >= 0.3 is 5.97 Å². The van der Waals surface area contributed by atoms with Crippen molar-refractivity contribution >= 4 is 11.9 Å². The van der Waals surface area contributed by atoms with Crippen LogP contribution in [0.2, 0.25) is 0 Å². The van der Waals surface area contributed by atoms with Gasteiger partial charge in [0.1, 0.15) is 12.0 Å². The molecule has 190 valence electrons. The first-order valence-corrected chi connectivity index (χ1v) is 12.6. The molecular formula is C26H35N3O6. The van der Waals surface area contributed by atoms with Gasteiger partial charge in [-0.05, 0) is 36.5 Å². The van der Waals surface area contributed by atoms with E-state index in [0.717, 1.165) is 36.1 Å². The summed E-state index contributed by atoms with van der Waals surface area (Å²) in [6.45, 7) is 6.20. The van der Waals surface area contributed by atoms with Crippen LogP contribution in [0.4, 0.5) is 0 Å². The first-order chi connectivity index (χ1) is 17.0. The van der Waals surface area contributed by atoms with Gasteiger partial charge in [0.2, 0.25) is 0 Å². The first-order valence-electron chi connectivity index (χ1n) is 12.6. The van der Waals surface area contributed by atoms with Crippen molar-refractivity contribution in [3.05, 3.63) is 47.7 Å². The number of nitrogens with zero attached hydrogens (tertiary/aromatic N) is 3. The van der Waals surface area contributed by atoms with Crippen LogP contribution >= 0.6 is 0 Å². The summed E-state index contributed by atoms with van der Waals surface area (Å²) in [5.74, 6) is -0.460. The SMILES string of the molecule is CCCON(CCC)C(=O)CN1CC(c2ccc3c(c2)CCO3)C(C(=O)O)C1CCc1ncco1. The van der Waals surface area contributed by atoms with E-state index in [0.29, 0.717) is 45.0 Å². The molecule has 3 heterocycles. The number of ether oxygens (including phenoxy) is 1. The van der Waals surface area contributed by atoms with Crippen LogP contribution in [0, 0.1) is 5.92 Å². The van der Waals surface area contributed by atoms with E-state index in [1.54, 1.807) is 6.20 Å². The lowest BCUT2D eigenvalue weighted by atomic mass is 9.83. The van der Waals surface area contributed by atoms with Crippen molar-refractivity contribution in [1.82, 2.24) is 14.9 Å². The zero-order valence-electron chi connectivity index (χ0n) is 20.5. The summed E-state index contributed by atoms with van der Waals surface area (Å²) in [6, 6.07) is 5.64. The molecule has 1 aromatic heterocycles. The number of oxazole rings is 1. The topological polar surface area (TPSA) is 105 Å². The highest BCUT2D eigenvalue weighted by Gasteiger charge is 2.47. The van der Waals surface area contributed by atoms with Gasteiger partial charge in [-0.1, -0.05) is 26.0 Å². The molecule has 1 amide bonds. The third-order valence-electron chi connectivity index (χ3n) is 6.81. The van der Waals surface area contributed by atoms with Crippen molar-refractivity contribution in [2.45, 2.75) is 57.9 Å². The number of aromatic nitrogens is 1. The third-order valence-corrected chi connectivity index (χ3v) is 6.81. The van der Waals surface area contributed by atoms with Crippen LogP contribution in [0.5, 0.6) is 5.75 Å². The van der Waals surface area contributed by atoms with E-state index in [9.17, 15) is 14.7 Å². The zero-order chi connectivity index (χ0) is 24.8. The van der Waals surface area contributed by atoms with Crippen LogP contribution in [0.15, 0.2) is 35.1 Å². The summed E-state index contributed by atoms with van der Waals surface area (Å²) in [6.07, 6.45) is 6.54. The number of rotatable bonds is 12. The van der Waals surface area contributed by atoms with E-state index >= 15 is 0 Å². The maximum atomic E-state index is 13.2. The van der Waals surface area contributed by atoms with Crippen LogP contribution < -0.4 is 4.74 Å². The van der Waals surface area contributed by atoms with Gasteiger partial charge in [-0.2, -0.15) is 0 Å². The van der Waals surface area contributed by atoms with Crippen molar-refractivity contribution in [2.24, 2.45) is 5.92 Å². The number of aliphatic carboxylic acids is 1. The Morgan fingerprint density at radius 3 is 2.86 bits per heavy atom. The molecule has 9 heteroatoms. The van der Waals surface area contributed by atoms with Crippen LogP contribution in [0.1, 0.15) is 56.0 Å². The Morgan fingerprint density at radius 1 is 1.29 bits per heavy atom. The van der Waals surface area contributed by atoms with Crippen LogP contribution in [0.25, 0.3) is 0 Å². The molecule has 3 atom stereocenters. The highest BCUT2D eigenvalue weighted by Crippen LogP contribution is 2.41. The second kappa shape index (κ2) is 11.7. The van der Waals surface area contributed by atoms with E-state index in [-0.39, 0.29) is 24.4 Å². The maximum absolute atomic E-state index is 13.2. The normalized spacial score (nSPS) is 21.6. The minimum Gasteiger partial charge on any atom is -0.493 e. The minimum atomic E-state index is -0.855. The summed E-state index contributed by atoms with van der Waals surface area (Å²) >= 11 is 0. The molecule has 1 fully saturated rings. The molecule has 1 saturated heterocycles. The first kappa shape index (κ1) is 25.2. The molecule has 2 aliphatic heterocycles. The van der Waals surface area contributed by atoms with Crippen molar-refractivity contribution in [3.8, 4) is 5.75 Å². The second-order valence-electron chi connectivity index (χ2n) is 9.23. The van der Waals surface area contributed by atoms with E-state index in [4.69, 9.17) is 14.0 Å². The molecule has 2 aromatic rings. The fourth-order valence-corrected chi connectivity index (χ4v) is 5.19. The number of likely N-dealkylation sites (tertiary alicyclic amines) is 1. The summed E-state index contributed by atoms with van der Waals surface area (Å²) in [5, 5.41) is 11.8. The van der Waals surface area contributed by atoms with Gasteiger partial charge < -0.3 is 14.3 Å². The van der Waals surface area contributed by atoms with Crippen molar-refractivity contribution in [1.29, 1.82) is 0 Å². The molecule has 4 rings (SSSR count). The molecule has 0 radical (unpaired) electrons. The van der Waals surface area contributed by atoms with E-state index in [1.807, 2.05) is 30.9 Å². The Bertz CT molecular complexity index is 995. The van der Waals surface area contributed by atoms with Gasteiger partial charge in [0.25, 0.3) is 5.91 Å². The lowest BCUT2D eigenvalue weighted by Gasteiger charge is -2.28. The monoisotopic (exact) mass is 485 g/mol. The molecule has 1 aromatic carbocycles. The van der Waals surface area contributed by atoms with E-state index in [2.05, 4.69) is 11.1 Å². The number of benzene rings is 1. The Hall–Kier alpha value is -2.91. The maximum Gasteiger partial charge on any atom is 0.308 e. The van der Waals surface area contributed by atoms with Crippen molar-refractivity contribution in [2.75, 3.05) is 32.8 Å². The van der Waals surface area contributed by atoms with Crippen LogP contribution in [0.3, 0.4) is 0 Å². The van der Waals surface area contributed by atoms with E-state index in [1.165, 1.54) is 11.3 Å². The largest absolute Gasteiger partial charge is 0.493 e. The van der Waals surface area contributed by atoms with Gasteiger partial charge in [0.05, 0.1) is 31.9 Å². The van der Waals surface area contributed by atoms with Crippen molar-refractivity contribution in [3.63, 3.8) is 0 Å². The predicted molar refractivity (Wildman–Crippen MR) is 128 cm³/mol. The summed E-state index contributed by atoms with van der Waals surface area (Å²) in [4.78, 5) is 37.7. The quantitative estimate of drug-likeness (QED) is 0.457. The number of amides is 1. The number of carboxylic acid groups (broad SMARTS) is 1. The van der Waals surface area contributed by atoms with Crippen molar-refractivity contribution < 1.29 is 28.7 Å². The molecule has 2 aliphatic rings. The van der Waals surface area contributed by atoms with Crippen LogP contribution in [-0.4, -0.2) is 70.8 Å². The number of carboxylic acids is 1. The molecule has 0 aliphatic carbocycles. The Balaban J connectivity index is 1.58. The molecule has 0 spiro atoms. The Labute approximate surface area is 206 Å². The summed E-state index contributed by atoms with van der Waals surface area (Å²) < 4.78 is 11.0. The molecule has 0 bridgehead atoms. The third kappa shape index (κ3) is 5.85. The number of carbonyl (C=O) groups is 2. The number of aryl methyl sites for hydroxylation is 1. The van der Waals surface area contributed by atoms with Gasteiger partial charge in [0, 0.05) is 37.9 Å². The molecule has 1 N–H and O–H groups in total. The molecule has 3 unspecified atom stereocenters. The average molecular weight is 486 g/mol. The molecule has 35 heavy (non-hydrogen) atoms.